The van der Waals surface area contributed by atoms with E-state index in [1.165, 1.54) is 0 Å². The van der Waals surface area contributed by atoms with Crippen LogP contribution in [0.25, 0.3) is 0 Å². The number of ether oxygens (including phenoxy) is 2. The lowest BCUT2D eigenvalue weighted by atomic mass is 10.1. The Kier molecular flexibility index (Phi) is 7.39. The lowest BCUT2D eigenvalue weighted by molar-refractivity contribution is -0.192. The Balaban J connectivity index is 0.000000561. The molecule has 0 aromatic carbocycles. The molecule has 4 heteroatoms. The van der Waals surface area contributed by atoms with Crippen LogP contribution in [0.2, 0.25) is 0 Å². The quantitative estimate of drug-likeness (QED) is 0.641. The molecule has 4 nitrogen and oxygen atoms in total. The second-order valence-corrected chi connectivity index (χ2v) is 2.33. The Bertz CT molecular complexity index is 80.3. The summed E-state index contributed by atoms with van der Waals surface area (Å²) in [5.41, 5.74) is 0. The molecule has 2 unspecified atom stereocenters. The first kappa shape index (κ1) is 11.8. The van der Waals surface area contributed by atoms with Crippen LogP contribution in [0.3, 0.4) is 0 Å². The lowest BCUT2D eigenvalue weighted by Crippen LogP contribution is -2.33. The first-order chi connectivity index (χ1) is 5.86. The average molecular weight is 177 g/mol. The number of methoxy groups -OCH3 is 1. The van der Waals surface area contributed by atoms with E-state index in [-0.39, 0.29) is 12.4 Å². The number of hydrogen-bond acceptors (Lipinski definition) is 4. The van der Waals surface area contributed by atoms with Gasteiger partial charge in [0.15, 0.2) is 6.29 Å². The SMILES string of the molecule is CC.COC1CCC(ON)OC1. The third-order valence-electron chi connectivity index (χ3n) is 1.68. The van der Waals surface area contributed by atoms with Crippen molar-refractivity contribution >= 4 is 0 Å². The molecule has 0 aromatic heterocycles. The van der Waals surface area contributed by atoms with E-state index in [0.29, 0.717) is 6.61 Å². The highest BCUT2D eigenvalue weighted by Crippen LogP contribution is 2.14. The highest BCUT2D eigenvalue weighted by Gasteiger charge is 2.20. The fraction of sp³-hybridized carbons (Fsp3) is 1.00. The van der Waals surface area contributed by atoms with E-state index >= 15 is 0 Å². The average Bonchev–Trinajstić information content (AvgIpc) is 2.21. The minimum absolute atomic E-state index is 0.214. The summed E-state index contributed by atoms with van der Waals surface area (Å²) in [5.74, 6) is 4.92. The maximum atomic E-state index is 5.16. The van der Waals surface area contributed by atoms with Crippen LogP contribution >= 0.6 is 0 Å². The summed E-state index contributed by atoms with van der Waals surface area (Å²) in [6, 6.07) is 0. The fourth-order valence-electron chi connectivity index (χ4n) is 0.997. The Morgan fingerprint density at radius 1 is 1.33 bits per heavy atom. The van der Waals surface area contributed by atoms with Crippen molar-refractivity contribution in [1.29, 1.82) is 0 Å². The Morgan fingerprint density at radius 3 is 2.33 bits per heavy atom. The van der Waals surface area contributed by atoms with Crippen LogP contribution in [0.5, 0.6) is 0 Å². The number of nitrogens with two attached hydrogens (primary N) is 1. The Morgan fingerprint density at radius 2 is 2.00 bits per heavy atom. The van der Waals surface area contributed by atoms with Gasteiger partial charge in [-0.3, -0.25) is 4.84 Å². The van der Waals surface area contributed by atoms with Gasteiger partial charge in [0.25, 0.3) is 0 Å². The van der Waals surface area contributed by atoms with Crippen LogP contribution in [0, 0.1) is 0 Å². The minimum Gasteiger partial charge on any atom is -0.379 e. The van der Waals surface area contributed by atoms with E-state index in [1.807, 2.05) is 13.8 Å². The van der Waals surface area contributed by atoms with Gasteiger partial charge >= 0.3 is 0 Å². The van der Waals surface area contributed by atoms with E-state index in [1.54, 1.807) is 7.11 Å². The second kappa shape index (κ2) is 7.49. The minimum atomic E-state index is -0.230. The summed E-state index contributed by atoms with van der Waals surface area (Å²) in [5, 5.41) is 0. The maximum Gasteiger partial charge on any atom is 0.177 e. The molecule has 1 fully saturated rings. The third kappa shape index (κ3) is 4.01. The molecule has 2 N–H and O–H groups in total. The monoisotopic (exact) mass is 177 g/mol. The molecule has 1 saturated heterocycles. The van der Waals surface area contributed by atoms with Gasteiger partial charge in [-0.1, -0.05) is 13.8 Å². The van der Waals surface area contributed by atoms with Gasteiger partial charge in [0, 0.05) is 13.5 Å². The molecule has 2 atom stereocenters. The standard InChI is InChI=1S/C6H13NO3.C2H6/c1-8-5-2-3-6(10-7)9-4-5;1-2/h5-6H,2-4,7H2,1H3;1-2H3. The van der Waals surface area contributed by atoms with Gasteiger partial charge in [-0.05, 0) is 6.42 Å². The first-order valence-corrected chi connectivity index (χ1v) is 4.36. The zero-order chi connectivity index (χ0) is 9.40. The molecule has 0 saturated carbocycles. The summed E-state index contributed by atoms with van der Waals surface area (Å²) in [7, 11) is 1.68. The summed E-state index contributed by atoms with van der Waals surface area (Å²) in [4.78, 5) is 4.51. The predicted molar refractivity (Wildman–Crippen MR) is 46.4 cm³/mol. The Hall–Kier alpha value is -0.160. The van der Waals surface area contributed by atoms with E-state index in [4.69, 9.17) is 15.4 Å². The van der Waals surface area contributed by atoms with Gasteiger partial charge in [0.2, 0.25) is 0 Å². The van der Waals surface area contributed by atoms with Crippen molar-refractivity contribution in [1.82, 2.24) is 0 Å². The van der Waals surface area contributed by atoms with Gasteiger partial charge in [0.05, 0.1) is 12.7 Å². The fourth-order valence-corrected chi connectivity index (χ4v) is 0.997. The van der Waals surface area contributed by atoms with E-state index in [2.05, 4.69) is 4.84 Å². The van der Waals surface area contributed by atoms with Crippen molar-refractivity contribution in [2.24, 2.45) is 5.90 Å². The van der Waals surface area contributed by atoms with E-state index in [0.717, 1.165) is 12.8 Å². The van der Waals surface area contributed by atoms with Crippen LogP contribution in [0.15, 0.2) is 0 Å². The van der Waals surface area contributed by atoms with Gasteiger partial charge in [-0.2, -0.15) is 0 Å². The molecule has 0 aromatic rings. The summed E-state index contributed by atoms with van der Waals surface area (Å²) >= 11 is 0. The molecule has 1 aliphatic rings. The van der Waals surface area contributed by atoms with Crippen LogP contribution < -0.4 is 5.90 Å². The lowest BCUT2D eigenvalue weighted by Gasteiger charge is -2.26. The third-order valence-corrected chi connectivity index (χ3v) is 1.68. The highest BCUT2D eigenvalue weighted by molar-refractivity contribution is 4.63. The summed E-state index contributed by atoms with van der Waals surface area (Å²) in [6.45, 7) is 4.58. The smallest absolute Gasteiger partial charge is 0.177 e. The van der Waals surface area contributed by atoms with Crippen molar-refractivity contribution in [2.75, 3.05) is 13.7 Å². The molecule has 1 heterocycles. The zero-order valence-electron chi connectivity index (χ0n) is 8.08. The van der Waals surface area contributed by atoms with Crippen LogP contribution in [-0.2, 0) is 14.3 Å². The number of rotatable bonds is 2. The van der Waals surface area contributed by atoms with Crippen LogP contribution in [-0.4, -0.2) is 26.1 Å². The predicted octanol–water partition coefficient (Wildman–Crippen LogP) is 1.05. The summed E-state index contributed by atoms with van der Waals surface area (Å²) in [6.07, 6.45) is 1.76. The number of hydrogen-bond donors (Lipinski definition) is 1. The van der Waals surface area contributed by atoms with Gasteiger partial charge in [-0.15, -0.1) is 0 Å². The molecule has 74 valence electrons. The van der Waals surface area contributed by atoms with Gasteiger partial charge in [0.1, 0.15) is 0 Å². The van der Waals surface area contributed by atoms with E-state index < -0.39 is 0 Å². The maximum absolute atomic E-state index is 5.16. The molecule has 1 rings (SSSR count). The molecule has 0 spiro atoms. The molecule has 0 bridgehead atoms. The van der Waals surface area contributed by atoms with Crippen molar-refractivity contribution in [3.63, 3.8) is 0 Å². The molecule has 12 heavy (non-hydrogen) atoms. The van der Waals surface area contributed by atoms with Crippen LogP contribution in [0.4, 0.5) is 0 Å². The topological polar surface area (TPSA) is 53.7 Å². The van der Waals surface area contributed by atoms with E-state index in [9.17, 15) is 0 Å². The summed E-state index contributed by atoms with van der Waals surface area (Å²) < 4.78 is 10.2. The van der Waals surface area contributed by atoms with Crippen molar-refractivity contribution < 1.29 is 14.3 Å². The first-order valence-electron chi connectivity index (χ1n) is 4.36. The normalized spacial score (nSPS) is 29.0. The second-order valence-electron chi connectivity index (χ2n) is 2.33. The Labute approximate surface area is 73.9 Å². The van der Waals surface area contributed by atoms with Crippen molar-refractivity contribution in [2.45, 2.75) is 39.1 Å². The van der Waals surface area contributed by atoms with Crippen molar-refractivity contribution in [3.8, 4) is 0 Å². The molecular formula is C8H19NO3. The molecule has 0 radical (unpaired) electrons. The molecule has 1 aliphatic heterocycles. The van der Waals surface area contributed by atoms with Gasteiger partial charge < -0.3 is 9.47 Å². The van der Waals surface area contributed by atoms with Crippen molar-refractivity contribution in [3.05, 3.63) is 0 Å². The highest BCUT2D eigenvalue weighted by atomic mass is 16.8. The molecular weight excluding hydrogens is 158 g/mol. The largest absolute Gasteiger partial charge is 0.379 e. The molecule has 0 amide bonds. The zero-order valence-corrected chi connectivity index (χ0v) is 8.08. The van der Waals surface area contributed by atoms with Gasteiger partial charge in [-0.25, -0.2) is 5.90 Å². The van der Waals surface area contributed by atoms with Crippen LogP contribution in [0.1, 0.15) is 26.7 Å². The molecule has 0 aliphatic carbocycles.